The topological polar surface area (TPSA) is 47.1 Å². The summed E-state index contributed by atoms with van der Waals surface area (Å²) in [6, 6.07) is 9.26. The molecule has 1 aromatic heterocycles. The summed E-state index contributed by atoms with van der Waals surface area (Å²) in [4.78, 5) is 7.77. The van der Waals surface area contributed by atoms with Crippen LogP contribution < -0.4 is 9.47 Å². The molecule has 2 heterocycles. The second kappa shape index (κ2) is 4.83. The summed E-state index contributed by atoms with van der Waals surface area (Å²) in [5.74, 6) is 2.22. The first-order chi connectivity index (χ1) is 10.2. The zero-order valence-electron chi connectivity index (χ0n) is 10.8. The zero-order chi connectivity index (χ0) is 14.4. The molecule has 106 valence electrons. The van der Waals surface area contributed by atoms with E-state index in [0.29, 0.717) is 23.3 Å². The van der Waals surface area contributed by atoms with E-state index in [1.807, 2.05) is 18.2 Å². The SMILES string of the molecule is Clc1cc2nc(-c3ccc4c(c3)OCCO4)[nH]c2cc1Cl. The fourth-order valence-corrected chi connectivity index (χ4v) is 2.65. The van der Waals surface area contributed by atoms with Crippen molar-refractivity contribution in [3.8, 4) is 22.9 Å². The number of fused-ring (bicyclic) bond motifs is 2. The fourth-order valence-electron chi connectivity index (χ4n) is 2.33. The quantitative estimate of drug-likeness (QED) is 0.726. The lowest BCUT2D eigenvalue weighted by Crippen LogP contribution is -2.15. The van der Waals surface area contributed by atoms with Gasteiger partial charge in [0.15, 0.2) is 11.5 Å². The van der Waals surface area contributed by atoms with Crippen LogP contribution in [0.4, 0.5) is 0 Å². The second-order valence-corrected chi connectivity index (χ2v) is 5.54. The van der Waals surface area contributed by atoms with Crippen molar-refractivity contribution >= 4 is 34.2 Å². The predicted molar refractivity (Wildman–Crippen MR) is 82.5 cm³/mol. The Labute approximate surface area is 130 Å². The van der Waals surface area contributed by atoms with Gasteiger partial charge in [0.2, 0.25) is 0 Å². The van der Waals surface area contributed by atoms with Crippen LogP contribution in [0.25, 0.3) is 22.4 Å². The third-order valence-electron chi connectivity index (χ3n) is 3.34. The Morgan fingerprint density at radius 3 is 2.57 bits per heavy atom. The van der Waals surface area contributed by atoms with Crippen LogP contribution in [0.2, 0.25) is 10.0 Å². The molecule has 0 spiro atoms. The van der Waals surface area contributed by atoms with Crippen molar-refractivity contribution in [2.45, 2.75) is 0 Å². The van der Waals surface area contributed by atoms with Crippen LogP contribution in [0.5, 0.6) is 11.5 Å². The first-order valence-corrected chi connectivity index (χ1v) is 7.21. The number of nitrogens with one attached hydrogen (secondary N) is 1. The summed E-state index contributed by atoms with van der Waals surface area (Å²) < 4.78 is 11.1. The number of H-pyrrole nitrogens is 1. The highest BCUT2D eigenvalue weighted by molar-refractivity contribution is 6.42. The molecule has 1 aliphatic rings. The van der Waals surface area contributed by atoms with Crippen LogP contribution in [-0.2, 0) is 0 Å². The molecule has 4 nitrogen and oxygen atoms in total. The van der Waals surface area contributed by atoms with E-state index in [0.717, 1.165) is 33.9 Å². The fraction of sp³-hybridized carbons (Fsp3) is 0.133. The molecule has 1 N–H and O–H groups in total. The molecule has 1 aliphatic heterocycles. The summed E-state index contributed by atoms with van der Waals surface area (Å²) in [7, 11) is 0. The Kier molecular flexibility index (Phi) is 2.94. The number of imidazole rings is 1. The van der Waals surface area contributed by atoms with Gasteiger partial charge in [0, 0.05) is 5.56 Å². The van der Waals surface area contributed by atoms with Gasteiger partial charge in [-0.2, -0.15) is 0 Å². The summed E-state index contributed by atoms with van der Waals surface area (Å²) >= 11 is 12.0. The van der Waals surface area contributed by atoms with Gasteiger partial charge < -0.3 is 14.5 Å². The molecule has 0 atom stereocenters. The van der Waals surface area contributed by atoms with Crippen molar-refractivity contribution < 1.29 is 9.47 Å². The summed E-state index contributed by atoms with van der Waals surface area (Å²) in [5, 5.41) is 0.992. The molecule has 0 fully saturated rings. The highest BCUT2D eigenvalue weighted by Gasteiger charge is 2.14. The summed E-state index contributed by atoms with van der Waals surface area (Å²) in [6.07, 6.45) is 0. The molecule has 2 aromatic carbocycles. The number of ether oxygens (including phenoxy) is 2. The van der Waals surface area contributed by atoms with E-state index >= 15 is 0 Å². The van der Waals surface area contributed by atoms with Gasteiger partial charge in [-0.1, -0.05) is 23.2 Å². The molecular weight excluding hydrogens is 311 g/mol. The van der Waals surface area contributed by atoms with Crippen molar-refractivity contribution in [3.63, 3.8) is 0 Å². The van der Waals surface area contributed by atoms with Gasteiger partial charge in [-0.3, -0.25) is 0 Å². The van der Waals surface area contributed by atoms with Gasteiger partial charge in [-0.05, 0) is 30.3 Å². The Hall–Kier alpha value is -1.91. The minimum atomic E-state index is 0.490. The van der Waals surface area contributed by atoms with E-state index in [4.69, 9.17) is 32.7 Å². The van der Waals surface area contributed by atoms with Crippen molar-refractivity contribution in [2.75, 3.05) is 13.2 Å². The number of hydrogen-bond donors (Lipinski definition) is 1. The van der Waals surface area contributed by atoms with Crippen LogP contribution in [0.3, 0.4) is 0 Å². The molecule has 0 amide bonds. The van der Waals surface area contributed by atoms with Crippen LogP contribution in [-0.4, -0.2) is 23.2 Å². The minimum Gasteiger partial charge on any atom is -0.486 e. The van der Waals surface area contributed by atoms with Crippen molar-refractivity contribution in [3.05, 3.63) is 40.4 Å². The average Bonchev–Trinajstić information content (AvgIpc) is 2.90. The van der Waals surface area contributed by atoms with E-state index in [1.165, 1.54) is 0 Å². The van der Waals surface area contributed by atoms with Gasteiger partial charge >= 0.3 is 0 Å². The number of benzene rings is 2. The zero-order valence-corrected chi connectivity index (χ0v) is 12.3. The third-order valence-corrected chi connectivity index (χ3v) is 4.06. The standard InChI is InChI=1S/C15H10Cl2N2O2/c16-9-6-11-12(7-10(9)17)19-15(18-11)8-1-2-13-14(5-8)21-4-3-20-13/h1-2,5-7H,3-4H2,(H,18,19). The molecule has 0 saturated heterocycles. The predicted octanol–water partition coefficient (Wildman–Crippen LogP) is 4.31. The van der Waals surface area contributed by atoms with Gasteiger partial charge in [0.05, 0.1) is 21.1 Å². The third kappa shape index (κ3) is 2.20. The summed E-state index contributed by atoms with van der Waals surface area (Å²) in [5.41, 5.74) is 2.53. The number of halogens is 2. The maximum atomic E-state index is 6.02. The normalized spacial score (nSPS) is 13.6. The minimum absolute atomic E-state index is 0.490. The Morgan fingerprint density at radius 1 is 0.952 bits per heavy atom. The maximum Gasteiger partial charge on any atom is 0.162 e. The first-order valence-electron chi connectivity index (χ1n) is 6.45. The number of aromatic nitrogens is 2. The van der Waals surface area contributed by atoms with Gasteiger partial charge in [0.25, 0.3) is 0 Å². The van der Waals surface area contributed by atoms with Crippen molar-refractivity contribution in [1.29, 1.82) is 0 Å². The highest BCUT2D eigenvalue weighted by Crippen LogP contribution is 2.35. The lowest BCUT2D eigenvalue weighted by molar-refractivity contribution is 0.171. The maximum absolute atomic E-state index is 6.02. The van der Waals surface area contributed by atoms with Crippen molar-refractivity contribution in [1.82, 2.24) is 9.97 Å². The van der Waals surface area contributed by atoms with Crippen molar-refractivity contribution in [2.24, 2.45) is 0 Å². The lowest BCUT2D eigenvalue weighted by Gasteiger charge is -2.18. The Morgan fingerprint density at radius 2 is 1.71 bits per heavy atom. The largest absolute Gasteiger partial charge is 0.486 e. The van der Waals surface area contributed by atoms with Crippen LogP contribution in [0, 0.1) is 0 Å². The van der Waals surface area contributed by atoms with E-state index in [9.17, 15) is 0 Å². The van der Waals surface area contributed by atoms with Gasteiger partial charge in [0.1, 0.15) is 19.0 Å². The first kappa shape index (κ1) is 12.8. The molecule has 0 aliphatic carbocycles. The van der Waals surface area contributed by atoms with E-state index < -0.39 is 0 Å². The molecule has 6 heteroatoms. The number of nitrogens with zero attached hydrogens (tertiary/aromatic N) is 1. The van der Waals surface area contributed by atoms with E-state index in [1.54, 1.807) is 12.1 Å². The summed E-state index contributed by atoms with van der Waals surface area (Å²) in [6.45, 7) is 1.13. The molecule has 3 aromatic rings. The molecule has 21 heavy (non-hydrogen) atoms. The number of hydrogen-bond acceptors (Lipinski definition) is 3. The van der Waals surface area contributed by atoms with Crippen LogP contribution in [0.1, 0.15) is 0 Å². The van der Waals surface area contributed by atoms with Gasteiger partial charge in [-0.25, -0.2) is 4.98 Å². The molecule has 0 bridgehead atoms. The number of aromatic amines is 1. The Balaban J connectivity index is 1.82. The van der Waals surface area contributed by atoms with E-state index in [2.05, 4.69) is 9.97 Å². The lowest BCUT2D eigenvalue weighted by atomic mass is 10.2. The average molecular weight is 321 g/mol. The molecular formula is C15H10Cl2N2O2. The molecule has 4 rings (SSSR count). The second-order valence-electron chi connectivity index (χ2n) is 4.73. The molecule has 0 saturated carbocycles. The van der Waals surface area contributed by atoms with E-state index in [-0.39, 0.29) is 0 Å². The molecule has 0 radical (unpaired) electrons. The smallest absolute Gasteiger partial charge is 0.162 e. The molecule has 0 unspecified atom stereocenters. The number of rotatable bonds is 1. The van der Waals surface area contributed by atoms with Gasteiger partial charge in [-0.15, -0.1) is 0 Å². The Bertz CT molecular complexity index is 806. The van der Waals surface area contributed by atoms with Crippen LogP contribution in [0.15, 0.2) is 30.3 Å². The highest BCUT2D eigenvalue weighted by atomic mass is 35.5. The monoisotopic (exact) mass is 320 g/mol. The van der Waals surface area contributed by atoms with Crippen LogP contribution >= 0.6 is 23.2 Å².